The lowest BCUT2D eigenvalue weighted by Gasteiger charge is -2.33. The van der Waals surface area contributed by atoms with Gasteiger partial charge in [-0.15, -0.1) is 0 Å². The van der Waals surface area contributed by atoms with Gasteiger partial charge < -0.3 is 5.11 Å². The Morgan fingerprint density at radius 2 is 2.11 bits per heavy atom. The molecule has 3 nitrogen and oxygen atoms in total. The first kappa shape index (κ1) is 11.7. The third-order valence-electron chi connectivity index (χ3n) is 5.50. The summed E-state index contributed by atoms with van der Waals surface area (Å²) >= 11 is 0. The number of fused-ring (bicyclic) bond motifs is 3. The molecule has 0 amide bonds. The first-order chi connectivity index (χ1) is 8.36. The molecule has 0 spiro atoms. The molecule has 0 aromatic carbocycles. The van der Waals surface area contributed by atoms with Gasteiger partial charge in [-0.05, 0) is 48.5 Å². The predicted molar refractivity (Wildman–Crippen MR) is 66.9 cm³/mol. The number of carbonyl (C=O) groups is 2. The molecule has 3 heteroatoms. The van der Waals surface area contributed by atoms with Crippen LogP contribution in [0.25, 0.3) is 0 Å². The monoisotopic (exact) mass is 246 g/mol. The number of hydrogen-bond acceptors (Lipinski definition) is 2. The van der Waals surface area contributed by atoms with Gasteiger partial charge in [0.25, 0.3) is 0 Å². The highest BCUT2D eigenvalue weighted by molar-refractivity contribution is 5.99. The summed E-state index contributed by atoms with van der Waals surface area (Å²) in [5, 5.41) is 9.13. The van der Waals surface area contributed by atoms with E-state index in [1.165, 1.54) is 5.57 Å². The number of carboxylic acids is 1. The van der Waals surface area contributed by atoms with E-state index in [4.69, 9.17) is 5.11 Å². The second-order valence-corrected chi connectivity index (χ2v) is 6.29. The molecular formula is C15H18O3. The fourth-order valence-corrected chi connectivity index (χ4v) is 4.15. The van der Waals surface area contributed by atoms with Crippen LogP contribution < -0.4 is 0 Å². The quantitative estimate of drug-likeness (QED) is 0.762. The Labute approximate surface area is 107 Å². The average molecular weight is 246 g/mol. The van der Waals surface area contributed by atoms with Crippen molar-refractivity contribution < 1.29 is 14.7 Å². The number of ketones is 1. The van der Waals surface area contributed by atoms with E-state index in [1.807, 2.05) is 6.92 Å². The van der Waals surface area contributed by atoms with E-state index in [2.05, 4.69) is 13.5 Å². The van der Waals surface area contributed by atoms with Crippen LogP contribution in [0.1, 0.15) is 33.1 Å². The van der Waals surface area contributed by atoms with Gasteiger partial charge in [-0.1, -0.05) is 19.1 Å². The number of aliphatic carboxylic acids is 1. The number of allylic oxidation sites excluding steroid dienone is 2. The molecule has 3 aliphatic carbocycles. The summed E-state index contributed by atoms with van der Waals surface area (Å²) in [7, 11) is 0. The number of hydrogen-bond donors (Lipinski definition) is 1. The van der Waals surface area contributed by atoms with Gasteiger partial charge in [-0.25, -0.2) is 4.79 Å². The van der Waals surface area contributed by atoms with E-state index in [1.54, 1.807) is 0 Å². The molecule has 3 rings (SSSR count). The van der Waals surface area contributed by atoms with Gasteiger partial charge in [0.1, 0.15) is 0 Å². The molecule has 0 aromatic rings. The van der Waals surface area contributed by atoms with Gasteiger partial charge in [0.15, 0.2) is 5.78 Å². The summed E-state index contributed by atoms with van der Waals surface area (Å²) < 4.78 is 0. The Balaban J connectivity index is 1.98. The molecule has 0 aromatic heterocycles. The maximum Gasteiger partial charge on any atom is 0.331 e. The fourth-order valence-electron chi connectivity index (χ4n) is 4.15. The third-order valence-corrected chi connectivity index (χ3v) is 5.50. The summed E-state index contributed by atoms with van der Waals surface area (Å²) in [4.78, 5) is 23.0. The highest BCUT2D eigenvalue weighted by Gasteiger charge is 2.64. The summed E-state index contributed by atoms with van der Waals surface area (Å²) in [6, 6.07) is 0. The van der Waals surface area contributed by atoms with Crippen molar-refractivity contribution in [3.05, 3.63) is 23.3 Å². The van der Waals surface area contributed by atoms with E-state index in [0.717, 1.165) is 18.4 Å². The molecule has 1 N–H and O–H groups in total. The molecule has 96 valence electrons. The molecule has 0 bridgehead atoms. The van der Waals surface area contributed by atoms with Crippen LogP contribution in [0.2, 0.25) is 0 Å². The van der Waals surface area contributed by atoms with Crippen LogP contribution in [0.5, 0.6) is 0 Å². The Hall–Kier alpha value is -1.38. The van der Waals surface area contributed by atoms with Crippen LogP contribution in [-0.4, -0.2) is 16.9 Å². The van der Waals surface area contributed by atoms with Crippen LogP contribution in [0.15, 0.2) is 23.3 Å². The van der Waals surface area contributed by atoms with Crippen molar-refractivity contribution in [2.24, 2.45) is 23.2 Å². The lowest BCUT2D eigenvalue weighted by atomic mass is 9.70. The van der Waals surface area contributed by atoms with Crippen LogP contribution in [0.4, 0.5) is 0 Å². The zero-order valence-electron chi connectivity index (χ0n) is 10.8. The van der Waals surface area contributed by atoms with Crippen LogP contribution in [0, 0.1) is 23.2 Å². The van der Waals surface area contributed by atoms with Crippen molar-refractivity contribution in [2.45, 2.75) is 33.1 Å². The molecule has 18 heavy (non-hydrogen) atoms. The fraction of sp³-hybridized carbons (Fsp3) is 0.600. The minimum Gasteiger partial charge on any atom is -0.478 e. The molecular weight excluding hydrogens is 228 g/mol. The van der Waals surface area contributed by atoms with Crippen LogP contribution in [0.3, 0.4) is 0 Å². The summed E-state index contributed by atoms with van der Waals surface area (Å²) in [5.41, 5.74) is 2.56. The van der Waals surface area contributed by atoms with Crippen LogP contribution >= 0.6 is 0 Å². The van der Waals surface area contributed by atoms with Crippen LogP contribution in [-0.2, 0) is 9.59 Å². The van der Waals surface area contributed by atoms with Gasteiger partial charge in [0.05, 0.1) is 0 Å². The largest absolute Gasteiger partial charge is 0.478 e. The minimum atomic E-state index is -0.893. The van der Waals surface area contributed by atoms with Gasteiger partial charge in [-0.3, -0.25) is 4.79 Å². The van der Waals surface area contributed by atoms with Crippen molar-refractivity contribution in [2.75, 3.05) is 0 Å². The normalized spacial score (nSPS) is 41.4. The lowest BCUT2D eigenvalue weighted by Crippen LogP contribution is -2.28. The second kappa shape index (κ2) is 3.34. The molecule has 0 radical (unpaired) electrons. The second-order valence-electron chi connectivity index (χ2n) is 6.29. The van der Waals surface area contributed by atoms with E-state index >= 15 is 0 Å². The van der Waals surface area contributed by atoms with Crippen molar-refractivity contribution in [3.63, 3.8) is 0 Å². The van der Waals surface area contributed by atoms with E-state index in [0.29, 0.717) is 23.8 Å². The standard InChI is InChI=1S/C15H18O3/c1-7-9-4-10(8(2)14(17)18)12-6-15(12,3)11(9)5-13(7)16/h10-12H,2,4-6H2,1,3H3,(H,17,18)/t10-,11-,12-,15+/m1/s1. The summed E-state index contributed by atoms with van der Waals surface area (Å²) in [6.45, 7) is 7.83. The summed E-state index contributed by atoms with van der Waals surface area (Å²) in [6.07, 6.45) is 2.41. The molecule has 2 fully saturated rings. The Bertz CT molecular complexity index is 514. The topological polar surface area (TPSA) is 54.4 Å². The first-order valence-electron chi connectivity index (χ1n) is 6.51. The van der Waals surface area contributed by atoms with E-state index in [-0.39, 0.29) is 17.1 Å². The highest BCUT2D eigenvalue weighted by atomic mass is 16.4. The first-order valence-corrected chi connectivity index (χ1v) is 6.51. The number of Topliss-reactive ketones (excluding diaryl/α,β-unsaturated/α-hetero) is 1. The molecule has 3 aliphatic rings. The summed E-state index contributed by atoms with van der Waals surface area (Å²) in [5.74, 6) is 0.166. The van der Waals surface area contributed by atoms with E-state index < -0.39 is 5.97 Å². The maximum absolute atomic E-state index is 11.9. The van der Waals surface area contributed by atoms with Gasteiger partial charge >= 0.3 is 5.97 Å². The smallest absolute Gasteiger partial charge is 0.331 e. The highest BCUT2D eigenvalue weighted by Crippen LogP contribution is 2.70. The lowest BCUT2D eigenvalue weighted by molar-refractivity contribution is -0.133. The average Bonchev–Trinajstić information content (AvgIpc) is 2.92. The van der Waals surface area contributed by atoms with Crippen molar-refractivity contribution in [1.82, 2.24) is 0 Å². The van der Waals surface area contributed by atoms with Crippen molar-refractivity contribution >= 4 is 11.8 Å². The van der Waals surface area contributed by atoms with Crippen molar-refractivity contribution in [1.29, 1.82) is 0 Å². The molecule has 0 aliphatic heterocycles. The Kier molecular flexibility index (Phi) is 2.17. The van der Waals surface area contributed by atoms with Gasteiger partial charge in [0.2, 0.25) is 0 Å². The van der Waals surface area contributed by atoms with E-state index in [9.17, 15) is 9.59 Å². The molecule has 2 saturated carbocycles. The third kappa shape index (κ3) is 1.30. The molecule has 4 atom stereocenters. The SMILES string of the molecule is C=C(C(=O)O)[C@H]1CC2=C(C)C(=O)C[C@H]2[C@]2(C)C[C@H]12. The minimum absolute atomic E-state index is 0.0274. The van der Waals surface area contributed by atoms with Gasteiger partial charge in [0, 0.05) is 12.0 Å². The van der Waals surface area contributed by atoms with Gasteiger partial charge in [-0.2, -0.15) is 0 Å². The zero-order valence-corrected chi connectivity index (χ0v) is 10.8. The number of carbonyl (C=O) groups excluding carboxylic acids is 1. The molecule has 0 unspecified atom stereocenters. The number of rotatable bonds is 2. The Morgan fingerprint density at radius 1 is 1.44 bits per heavy atom. The Morgan fingerprint density at radius 3 is 2.72 bits per heavy atom. The zero-order chi connectivity index (χ0) is 13.2. The predicted octanol–water partition coefficient (Wildman–Crippen LogP) is 2.58. The molecule has 0 heterocycles. The number of carboxylic acid groups (broad SMARTS) is 1. The maximum atomic E-state index is 11.9. The van der Waals surface area contributed by atoms with Crippen molar-refractivity contribution in [3.8, 4) is 0 Å². The molecule has 0 saturated heterocycles.